The van der Waals surface area contributed by atoms with Crippen molar-refractivity contribution in [1.29, 1.82) is 0 Å². The predicted octanol–water partition coefficient (Wildman–Crippen LogP) is 0.537. The van der Waals surface area contributed by atoms with E-state index in [1.807, 2.05) is 14.1 Å². The minimum absolute atomic E-state index is 0.0196. The molecule has 0 radical (unpaired) electrons. The minimum atomic E-state index is 0.0196. The molecule has 1 aliphatic carbocycles. The molecule has 98 valence electrons. The predicted molar refractivity (Wildman–Crippen MR) is 68.9 cm³/mol. The molecular formula is C13H25N3O. The normalized spacial score (nSPS) is 29.8. The second-order valence-electron chi connectivity index (χ2n) is 6.02. The third-order valence-corrected chi connectivity index (χ3v) is 4.56. The van der Waals surface area contributed by atoms with Gasteiger partial charge in [-0.05, 0) is 25.2 Å². The van der Waals surface area contributed by atoms with Crippen molar-refractivity contribution in [3.05, 3.63) is 0 Å². The molecule has 1 saturated carbocycles. The Bertz CT molecular complexity index is 299. The molecule has 2 fully saturated rings. The van der Waals surface area contributed by atoms with Gasteiger partial charge in [0.15, 0.2) is 0 Å². The average molecular weight is 239 g/mol. The molecule has 1 amide bonds. The van der Waals surface area contributed by atoms with Crippen LogP contribution < -0.4 is 5.32 Å². The number of nitrogens with one attached hydrogen (secondary N) is 1. The summed E-state index contributed by atoms with van der Waals surface area (Å²) in [6.07, 6.45) is 2.61. The van der Waals surface area contributed by atoms with Crippen LogP contribution in [0, 0.1) is 5.41 Å². The number of piperazine rings is 1. The van der Waals surface area contributed by atoms with Gasteiger partial charge in [0.2, 0.25) is 5.91 Å². The Morgan fingerprint density at radius 1 is 1.47 bits per heavy atom. The monoisotopic (exact) mass is 239 g/mol. The molecule has 2 atom stereocenters. The van der Waals surface area contributed by atoms with Gasteiger partial charge in [0.1, 0.15) is 6.04 Å². The quantitative estimate of drug-likeness (QED) is 0.781. The van der Waals surface area contributed by atoms with Crippen LogP contribution in [0.4, 0.5) is 0 Å². The maximum absolute atomic E-state index is 12.2. The summed E-state index contributed by atoms with van der Waals surface area (Å²) >= 11 is 0. The van der Waals surface area contributed by atoms with Crippen molar-refractivity contribution in [3.8, 4) is 0 Å². The summed E-state index contributed by atoms with van der Waals surface area (Å²) in [4.78, 5) is 16.3. The number of nitrogens with zero attached hydrogens (tertiary/aromatic N) is 2. The number of amides is 1. The Morgan fingerprint density at radius 3 is 2.65 bits per heavy atom. The van der Waals surface area contributed by atoms with E-state index in [4.69, 9.17) is 0 Å². The van der Waals surface area contributed by atoms with Crippen molar-refractivity contribution in [3.63, 3.8) is 0 Å². The molecule has 4 nitrogen and oxygen atoms in total. The Labute approximate surface area is 104 Å². The molecule has 0 aromatic rings. The first-order valence-electron chi connectivity index (χ1n) is 6.63. The van der Waals surface area contributed by atoms with E-state index < -0.39 is 0 Å². The van der Waals surface area contributed by atoms with Gasteiger partial charge in [0.25, 0.3) is 0 Å². The molecule has 1 saturated heterocycles. The third-order valence-electron chi connectivity index (χ3n) is 4.56. The highest BCUT2D eigenvalue weighted by Crippen LogP contribution is 2.50. The molecular weight excluding hydrogens is 214 g/mol. The van der Waals surface area contributed by atoms with Gasteiger partial charge in [0.05, 0.1) is 0 Å². The highest BCUT2D eigenvalue weighted by atomic mass is 16.2. The Hall–Kier alpha value is -0.610. The van der Waals surface area contributed by atoms with Crippen LogP contribution in [0.15, 0.2) is 0 Å². The zero-order chi connectivity index (χ0) is 12.6. The van der Waals surface area contributed by atoms with E-state index in [0.29, 0.717) is 11.5 Å². The van der Waals surface area contributed by atoms with E-state index in [2.05, 4.69) is 24.1 Å². The molecule has 0 aromatic heterocycles. The lowest BCUT2D eigenvalue weighted by molar-refractivity contribution is -0.136. The van der Waals surface area contributed by atoms with E-state index in [9.17, 15) is 4.79 Å². The fourth-order valence-electron chi connectivity index (χ4n) is 2.73. The van der Waals surface area contributed by atoms with Crippen molar-refractivity contribution in [2.75, 3.05) is 33.7 Å². The van der Waals surface area contributed by atoms with Crippen LogP contribution in [0.25, 0.3) is 0 Å². The largest absolute Gasteiger partial charge is 0.347 e. The Morgan fingerprint density at radius 2 is 2.12 bits per heavy atom. The second-order valence-corrected chi connectivity index (χ2v) is 6.02. The first kappa shape index (κ1) is 12.8. The summed E-state index contributed by atoms with van der Waals surface area (Å²) in [5.74, 6) is 0.230. The summed E-state index contributed by atoms with van der Waals surface area (Å²) in [7, 11) is 3.69. The SMILES string of the molecule is CC(N1CCNCC1C(=O)N(C)C)C1(C)CC1. The molecule has 2 aliphatic rings. The zero-order valence-corrected chi connectivity index (χ0v) is 11.5. The van der Waals surface area contributed by atoms with Crippen LogP contribution in [-0.4, -0.2) is 61.5 Å². The first-order chi connectivity index (χ1) is 7.96. The lowest BCUT2D eigenvalue weighted by atomic mass is 9.96. The lowest BCUT2D eigenvalue weighted by Gasteiger charge is -2.42. The van der Waals surface area contributed by atoms with Gasteiger partial charge in [-0.15, -0.1) is 0 Å². The number of hydrogen-bond donors (Lipinski definition) is 1. The van der Waals surface area contributed by atoms with Crippen LogP contribution in [0.2, 0.25) is 0 Å². The van der Waals surface area contributed by atoms with E-state index in [0.717, 1.165) is 19.6 Å². The number of carbonyl (C=O) groups excluding carboxylic acids is 1. The zero-order valence-electron chi connectivity index (χ0n) is 11.5. The summed E-state index contributed by atoms with van der Waals surface area (Å²) in [5, 5.41) is 3.34. The second kappa shape index (κ2) is 4.58. The van der Waals surface area contributed by atoms with Crippen molar-refractivity contribution < 1.29 is 4.79 Å². The number of rotatable bonds is 3. The van der Waals surface area contributed by atoms with Gasteiger partial charge in [-0.3, -0.25) is 9.69 Å². The van der Waals surface area contributed by atoms with E-state index in [-0.39, 0.29) is 11.9 Å². The van der Waals surface area contributed by atoms with E-state index in [1.165, 1.54) is 12.8 Å². The molecule has 17 heavy (non-hydrogen) atoms. The van der Waals surface area contributed by atoms with Crippen molar-refractivity contribution in [1.82, 2.24) is 15.1 Å². The topological polar surface area (TPSA) is 35.6 Å². The standard InChI is InChI=1S/C13H25N3O/c1-10(13(2)5-6-13)16-8-7-14-9-11(16)12(17)15(3)4/h10-11,14H,5-9H2,1-4H3. The van der Waals surface area contributed by atoms with Crippen LogP contribution >= 0.6 is 0 Å². The Kier molecular flexibility index (Phi) is 3.46. The summed E-state index contributed by atoms with van der Waals surface area (Å²) in [6.45, 7) is 7.40. The molecule has 1 heterocycles. The third kappa shape index (κ3) is 2.47. The molecule has 0 spiro atoms. The highest BCUT2D eigenvalue weighted by Gasteiger charge is 2.47. The first-order valence-corrected chi connectivity index (χ1v) is 6.63. The van der Waals surface area contributed by atoms with Gasteiger partial charge in [-0.25, -0.2) is 0 Å². The smallest absolute Gasteiger partial charge is 0.240 e. The summed E-state index contributed by atoms with van der Waals surface area (Å²) in [6, 6.07) is 0.532. The number of carbonyl (C=O) groups is 1. The molecule has 2 rings (SSSR count). The Balaban J connectivity index is 2.09. The number of hydrogen-bond acceptors (Lipinski definition) is 3. The number of likely N-dealkylation sites (N-methyl/N-ethyl adjacent to an activating group) is 1. The van der Waals surface area contributed by atoms with Gasteiger partial charge < -0.3 is 10.2 Å². The van der Waals surface area contributed by atoms with E-state index >= 15 is 0 Å². The lowest BCUT2D eigenvalue weighted by Crippen LogP contribution is -2.61. The van der Waals surface area contributed by atoms with E-state index in [1.54, 1.807) is 4.90 Å². The van der Waals surface area contributed by atoms with Gasteiger partial charge >= 0.3 is 0 Å². The maximum Gasteiger partial charge on any atom is 0.240 e. The summed E-state index contributed by atoms with van der Waals surface area (Å²) < 4.78 is 0. The highest BCUT2D eigenvalue weighted by molar-refractivity contribution is 5.81. The van der Waals surface area contributed by atoms with Gasteiger partial charge in [0, 0.05) is 39.8 Å². The van der Waals surface area contributed by atoms with Crippen molar-refractivity contribution in [2.45, 2.75) is 38.8 Å². The molecule has 1 aliphatic heterocycles. The fourth-order valence-corrected chi connectivity index (χ4v) is 2.73. The molecule has 0 aromatic carbocycles. The molecule has 0 bridgehead atoms. The summed E-state index contributed by atoms with van der Waals surface area (Å²) in [5.41, 5.74) is 0.447. The average Bonchev–Trinajstić information content (AvgIpc) is 3.06. The van der Waals surface area contributed by atoms with Crippen LogP contribution in [0.1, 0.15) is 26.7 Å². The minimum Gasteiger partial charge on any atom is -0.347 e. The van der Waals surface area contributed by atoms with Crippen LogP contribution in [-0.2, 0) is 4.79 Å². The molecule has 4 heteroatoms. The fraction of sp³-hybridized carbons (Fsp3) is 0.923. The maximum atomic E-state index is 12.2. The molecule has 1 N–H and O–H groups in total. The van der Waals surface area contributed by atoms with Crippen molar-refractivity contribution in [2.24, 2.45) is 5.41 Å². The van der Waals surface area contributed by atoms with Crippen molar-refractivity contribution >= 4 is 5.91 Å². The van der Waals surface area contributed by atoms with Crippen LogP contribution in [0.3, 0.4) is 0 Å². The molecule has 2 unspecified atom stereocenters. The van der Waals surface area contributed by atoms with Gasteiger partial charge in [-0.2, -0.15) is 0 Å². The van der Waals surface area contributed by atoms with Gasteiger partial charge in [-0.1, -0.05) is 6.92 Å². The van der Waals surface area contributed by atoms with Crippen LogP contribution in [0.5, 0.6) is 0 Å².